The lowest BCUT2D eigenvalue weighted by atomic mass is 9.81. The first-order valence-electron chi connectivity index (χ1n) is 9.67. The van der Waals surface area contributed by atoms with Gasteiger partial charge in [0, 0.05) is 17.5 Å². The Hall–Kier alpha value is -2.84. The van der Waals surface area contributed by atoms with Gasteiger partial charge in [0.25, 0.3) is 11.4 Å². The molecule has 0 N–H and O–H groups in total. The SMILES string of the molecule is O=C(ON=C1CCCC[C@@H]1c1ccc([N+](=O)[O-])cc1[N+](=O)[O-])C1CCCCC1. The Kier molecular flexibility index (Phi) is 6.33. The predicted molar refractivity (Wildman–Crippen MR) is 101 cm³/mol. The first-order chi connectivity index (χ1) is 13.5. The van der Waals surface area contributed by atoms with Gasteiger partial charge in [-0.15, -0.1) is 0 Å². The van der Waals surface area contributed by atoms with Gasteiger partial charge in [0.2, 0.25) is 0 Å². The second-order valence-electron chi connectivity index (χ2n) is 7.38. The van der Waals surface area contributed by atoms with Gasteiger partial charge in [0.05, 0.1) is 27.5 Å². The van der Waals surface area contributed by atoms with Crippen LogP contribution in [0.3, 0.4) is 0 Å². The molecule has 3 rings (SSSR count). The Labute approximate surface area is 162 Å². The summed E-state index contributed by atoms with van der Waals surface area (Å²) < 4.78 is 0. The predicted octanol–water partition coefficient (Wildman–Crippen LogP) is 4.64. The van der Waals surface area contributed by atoms with Crippen molar-refractivity contribution in [3.8, 4) is 0 Å². The summed E-state index contributed by atoms with van der Waals surface area (Å²) in [4.78, 5) is 38.6. The fourth-order valence-corrected chi connectivity index (χ4v) is 4.05. The maximum atomic E-state index is 12.3. The van der Waals surface area contributed by atoms with Crippen LogP contribution in [0.15, 0.2) is 23.4 Å². The quantitative estimate of drug-likeness (QED) is 0.410. The van der Waals surface area contributed by atoms with Gasteiger partial charge in [-0.3, -0.25) is 20.2 Å². The van der Waals surface area contributed by atoms with Crippen LogP contribution in [0.5, 0.6) is 0 Å². The lowest BCUT2D eigenvalue weighted by Gasteiger charge is -2.24. The zero-order valence-electron chi connectivity index (χ0n) is 15.5. The molecule has 2 saturated carbocycles. The fourth-order valence-electron chi connectivity index (χ4n) is 4.05. The number of carbonyl (C=O) groups excluding carboxylic acids is 1. The van der Waals surface area contributed by atoms with Gasteiger partial charge in [0.1, 0.15) is 0 Å². The molecular weight excluding hydrogens is 366 g/mol. The first kappa shape index (κ1) is 19.9. The van der Waals surface area contributed by atoms with Crippen molar-refractivity contribution < 1.29 is 19.5 Å². The van der Waals surface area contributed by atoms with Crippen LogP contribution in [0, 0.1) is 26.1 Å². The van der Waals surface area contributed by atoms with Crippen molar-refractivity contribution in [2.45, 2.75) is 63.7 Å². The van der Waals surface area contributed by atoms with E-state index in [4.69, 9.17) is 4.84 Å². The van der Waals surface area contributed by atoms with Gasteiger partial charge in [-0.1, -0.05) is 30.8 Å². The minimum absolute atomic E-state index is 0.131. The molecule has 0 unspecified atom stereocenters. The van der Waals surface area contributed by atoms with Crippen molar-refractivity contribution in [2.24, 2.45) is 11.1 Å². The number of carbonyl (C=O) groups is 1. The molecule has 0 saturated heterocycles. The molecule has 9 nitrogen and oxygen atoms in total. The molecule has 2 aliphatic rings. The van der Waals surface area contributed by atoms with E-state index < -0.39 is 9.85 Å². The number of benzene rings is 1. The normalized spacial score (nSPS) is 22.0. The van der Waals surface area contributed by atoms with Crippen LogP contribution in [-0.4, -0.2) is 21.5 Å². The van der Waals surface area contributed by atoms with Crippen molar-refractivity contribution in [3.63, 3.8) is 0 Å². The number of hydrogen-bond donors (Lipinski definition) is 0. The zero-order chi connectivity index (χ0) is 20.1. The van der Waals surface area contributed by atoms with E-state index in [1.54, 1.807) is 0 Å². The van der Waals surface area contributed by atoms with E-state index in [0.717, 1.165) is 51.0 Å². The molecule has 2 fully saturated rings. The Morgan fingerprint density at radius 1 is 1.00 bits per heavy atom. The van der Waals surface area contributed by atoms with Crippen molar-refractivity contribution in [1.82, 2.24) is 0 Å². The van der Waals surface area contributed by atoms with Crippen molar-refractivity contribution in [3.05, 3.63) is 44.0 Å². The average Bonchev–Trinajstić information content (AvgIpc) is 2.72. The van der Waals surface area contributed by atoms with Crippen LogP contribution >= 0.6 is 0 Å². The maximum Gasteiger partial charge on any atom is 0.338 e. The molecule has 0 spiro atoms. The third kappa shape index (κ3) is 4.52. The highest BCUT2D eigenvalue weighted by Crippen LogP contribution is 2.38. The van der Waals surface area contributed by atoms with Crippen molar-refractivity contribution in [1.29, 1.82) is 0 Å². The number of non-ortho nitro benzene ring substituents is 1. The largest absolute Gasteiger partial charge is 0.338 e. The first-order valence-corrected chi connectivity index (χ1v) is 9.67. The lowest BCUT2D eigenvalue weighted by molar-refractivity contribution is -0.394. The van der Waals surface area contributed by atoms with E-state index in [2.05, 4.69) is 5.16 Å². The summed E-state index contributed by atoms with van der Waals surface area (Å²) in [5, 5.41) is 26.5. The van der Waals surface area contributed by atoms with E-state index >= 15 is 0 Å². The monoisotopic (exact) mass is 389 g/mol. The van der Waals surface area contributed by atoms with Crippen LogP contribution in [0.25, 0.3) is 0 Å². The molecule has 0 aliphatic heterocycles. The molecule has 28 heavy (non-hydrogen) atoms. The van der Waals surface area contributed by atoms with Crippen LogP contribution in [0.1, 0.15) is 69.3 Å². The van der Waals surface area contributed by atoms with Crippen LogP contribution in [-0.2, 0) is 9.63 Å². The molecule has 1 aromatic rings. The fraction of sp³-hybridized carbons (Fsp3) is 0.579. The van der Waals surface area contributed by atoms with Crippen molar-refractivity contribution in [2.75, 3.05) is 0 Å². The summed E-state index contributed by atoms with van der Waals surface area (Å²) in [6.45, 7) is 0. The van der Waals surface area contributed by atoms with Gasteiger partial charge in [-0.05, 0) is 38.2 Å². The molecule has 0 heterocycles. The number of rotatable bonds is 5. The third-order valence-electron chi connectivity index (χ3n) is 5.57. The summed E-state index contributed by atoms with van der Waals surface area (Å²) in [5.74, 6) is -0.849. The third-order valence-corrected chi connectivity index (χ3v) is 5.57. The Morgan fingerprint density at radius 2 is 1.71 bits per heavy atom. The van der Waals surface area contributed by atoms with E-state index in [0.29, 0.717) is 24.1 Å². The molecule has 0 aromatic heterocycles. The molecule has 150 valence electrons. The van der Waals surface area contributed by atoms with E-state index in [9.17, 15) is 25.0 Å². The number of hydrogen-bond acceptors (Lipinski definition) is 7. The van der Waals surface area contributed by atoms with Crippen LogP contribution in [0.4, 0.5) is 11.4 Å². The van der Waals surface area contributed by atoms with Gasteiger partial charge in [0.15, 0.2) is 0 Å². The van der Waals surface area contributed by atoms with E-state index in [-0.39, 0.29) is 29.2 Å². The second kappa shape index (κ2) is 8.90. The minimum Gasteiger partial charge on any atom is -0.318 e. The molecule has 0 radical (unpaired) electrons. The summed E-state index contributed by atoms with van der Waals surface area (Å²) in [7, 11) is 0. The van der Waals surface area contributed by atoms with Gasteiger partial charge >= 0.3 is 5.97 Å². The van der Waals surface area contributed by atoms with Crippen molar-refractivity contribution >= 4 is 23.1 Å². The molecule has 1 atom stereocenters. The number of nitro benzene ring substituents is 2. The Balaban J connectivity index is 1.83. The standard InChI is InChI=1S/C19H23N3O6/c23-19(13-6-2-1-3-7-13)28-20-17-9-5-4-8-15(17)16-11-10-14(21(24)25)12-18(16)22(26)27/h10-13,15H,1-9H2/t15-/m1/s1. The van der Waals surface area contributed by atoms with Gasteiger partial charge in [-0.25, -0.2) is 4.79 Å². The number of nitrogens with zero attached hydrogens (tertiary/aromatic N) is 3. The maximum absolute atomic E-state index is 12.3. The van der Waals surface area contributed by atoms with Crippen LogP contribution in [0.2, 0.25) is 0 Å². The Bertz CT molecular complexity index is 801. The molecule has 0 amide bonds. The van der Waals surface area contributed by atoms with E-state index in [1.165, 1.54) is 12.1 Å². The summed E-state index contributed by atoms with van der Waals surface area (Å²) >= 11 is 0. The highest BCUT2D eigenvalue weighted by molar-refractivity contribution is 5.92. The zero-order valence-corrected chi connectivity index (χ0v) is 15.5. The number of oxime groups is 1. The highest BCUT2D eigenvalue weighted by Gasteiger charge is 2.31. The minimum atomic E-state index is -0.654. The summed E-state index contributed by atoms with van der Waals surface area (Å²) in [6, 6.07) is 3.67. The Morgan fingerprint density at radius 3 is 2.39 bits per heavy atom. The molecule has 2 aliphatic carbocycles. The highest BCUT2D eigenvalue weighted by atomic mass is 16.7. The average molecular weight is 389 g/mol. The second-order valence-corrected chi connectivity index (χ2v) is 7.38. The number of nitro groups is 2. The molecule has 0 bridgehead atoms. The van der Waals surface area contributed by atoms with Gasteiger partial charge in [-0.2, -0.15) is 0 Å². The topological polar surface area (TPSA) is 125 Å². The van der Waals surface area contributed by atoms with E-state index in [1.807, 2.05) is 0 Å². The van der Waals surface area contributed by atoms with Gasteiger partial charge < -0.3 is 4.84 Å². The van der Waals surface area contributed by atoms with Crippen LogP contribution < -0.4 is 0 Å². The molecule has 1 aromatic carbocycles. The summed E-state index contributed by atoms with van der Waals surface area (Å²) in [5.41, 5.74) is 0.344. The lowest BCUT2D eigenvalue weighted by Crippen LogP contribution is -2.22. The molecule has 9 heteroatoms. The smallest absolute Gasteiger partial charge is 0.318 e. The molecular formula is C19H23N3O6. The summed E-state index contributed by atoms with van der Waals surface area (Å²) in [6.07, 6.45) is 7.68.